The smallest absolute Gasteiger partial charge is 0.147 e. The predicted octanol–water partition coefficient (Wildman–Crippen LogP) is 1.34. The van der Waals surface area contributed by atoms with Gasteiger partial charge in [-0.15, -0.1) is 0 Å². The van der Waals surface area contributed by atoms with E-state index in [9.17, 15) is 8.78 Å². The number of nitriles is 1. The Morgan fingerprint density at radius 3 is 2.62 bits per heavy atom. The molecule has 1 aromatic carbocycles. The Labute approximate surface area is 74.6 Å². The van der Waals surface area contributed by atoms with Crippen molar-refractivity contribution in [3.8, 4) is 6.07 Å². The first-order valence-corrected chi connectivity index (χ1v) is 3.77. The van der Waals surface area contributed by atoms with E-state index in [1.54, 1.807) is 6.07 Å². The van der Waals surface area contributed by atoms with Crippen molar-refractivity contribution in [2.75, 3.05) is 6.54 Å². The fourth-order valence-electron chi connectivity index (χ4n) is 1.06. The molecule has 0 saturated heterocycles. The van der Waals surface area contributed by atoms with E-state index < -0.39 is 11.6 Å². The van der Waals surface area contributed by atoms with Crippen molar-refractivity contribution in [2.24, 2.45) is 5.73 Å². The van der Waals surface area contributed by atoms with Crippen molar-refractivity contribution in [3.05, 3.63) is 34.9 Å². The second-order valence-electron chi connectivity index (χ2n) is 2.54. The second kappa shape index (κ2) is 3.97. The third-order valence-corrected chi connectivity index (χ3v) is 1.70. The topological polar surface area (TPSA) is 49.8 Å². The van der Waals surface area contributed by atoms with Crippen LogP contribution in [0.5, 0.6) is 0 Å². The summed E-state index contributed by atoms with van der Waals surface area (Å²) in [4.78, 5) is 0. The lowest BCUT2D eigenvalue weighted by atomic mass is 10.1. The molecule has 0 heterocycles. The summed E-state index contributed by atoms with van der Waals surface area (Å²) in [6.45, 7) is 0.155. The molecule has 0 amide bonds. The molecule has 0 radical (unpaired) electrons. The molecule has 0 unspecified atom stereocenters. The van der Waals surface area contributed by atoms with Crippen LogP contribution >= 0.6 is 0 Å². The van der Waals surface area contributed by atoms with Crippen molar-refractivity contribution in [3.63, 3.8) is 0 Å². The number of rotatable bonds is 2. The fourth-order valence-corrected chi connectivity index (χ4v) is 1.06. The highest BCUT2D eigenvalue weighted by atomic mass is 19.1. The van der Waals surface area contributed by atoms with E-state index in [0.717, 1.165) is 12.1 Å². The summed E-state index contributed by atoms with van der Waals surface area (Å²) in [6, 6.07) is 3.83. The Kier molecular flexibility index (Phi) is 2.93. The van der Waals surface area contributed by atoms with Crippen LogP contribution in [0.25, 0.3) is 0 Å². The summed E-state index contributed by atoms with van der Waals surface area (Å²) in [5, 5.41) is 8.46. The molecule has 68 valence electrons. The lowest BCUT2D eigenvalue weighted by molar-refractivity contribution is 0.553. The number of nitrogens with zero attached hydrogens (tertiary/aromatic N) is 1. The van der Waals surface area contributed by atoms with Crippen LogP contribution in [0.3, 0.4) is 0 Å². The van der Waals surface area contributed by atoms with Crippen LogP contribution in [-0.2, 0) is 6.42 Å². The van der Waals surface area contributed by atoms with Gasteiger partial charge in [-0.05, 0) is 25.1 Å². The van der Waals surface area contributed by atoms with Crippen molar-refractivity contribution in [1.82, 2.24) is 0 Å². The lowest BCUT2D eigenvalue weighted by Crippen LogP contribution is -2.07. The minimum Gasteiger partial charge on any atom is -0.330 e. The van der Waals surface area contributed by atoms with Crippen LogP contribution in [0.15, 0.2) is 12.1 Å². The first-order chi connectivity index (χ1) is 6.20. The first-order valence-electron chi connectivity index (χ1n) is 3.77. The van der Waals surface area contributed by atoms with Gasteiger partial charge in [0.2, 0.25) is 0 Å². The van der Waals surface area contributed by atoms with E-state index in [1.165, 1.54) is 0 Å². The van der Waals surface area contributed by atoms with Crippen LogP contribution in [0.4, 0.5) is 8.78 Å². The Morgan fingerprint density at radius 1 is 1.38 bits per heavy atom. The van der Waals surface area contributed by atoms with E-state index in [1.807, 2.05) is 0 Å². The third-order valence-electron chi connectivity index (χ3n) is 1.70. The molecule has 0 saturated carbocycles. The summed E-state index contributed by atoms with van der Waals surface area (Å²) in [5.41, 5.74) is 4.92. The van der Waals surface area contributed by atoms with E-state index in [-0.39, 0.29) is 24.1 Å². The molecule has 4 heteroatoms. The highest BCUT2D eigenvalue weighted by Gasteiger charge is 2.11. The van der Waals surface area contributed by atoms with Crippen molar-refractivity contribution >= 4 is 0 Å². The van der Waals surface area contributed by atoms with Crippen LogP contribution in [0, 0.1) is 23.0 Å². The molecule has 0 atom stereocenters. The molecule has 0 aliphatic rings. The molecule has 0 aliphatic heterocycles. The Morgan fingerprint density at radius 2 is 2.08 bits per heavy atom. The zero-order chi connectivity index (χ0) is 9.84. The van der Waals surface area contributed by atoms with Gasteiger partial charge in [0.1, 0.15) is 17.7 Å². The van der Waals surface area contributed by atoms with Gasteiger partial charge in [-0.1, -0.05) is 0 Å². The van der Waals surface area contributed by atoms with Crippen LogP contribution < -0.4 is 5.73 Å². The minimum atomic E-state index is -0.798. The van der Waals surface area contributed by atoms with E-state index in [4.69, 9.17) is 11.0 Å². The van der Waals surface area contributed by atoms with Crippen molar-refractivity contribution in [2.45, 2.75) is 6.42 Å². The summed E-state index contributed by atoms with van der Waals surface area (Å²) in [7, 11) is 0. The molecule has 13 heavy (non-hydrogen) atoms. The minimum absolute atomic E-state index is 0.104. The Bertz CT molecular complexity index is 355. The van der Waals surface area contributed by atoms with E-state index >= 15 is 0 Å². The fraction of sp³-hybridized carbons (Fsp3) is 0.222. The van der Waals surface area contributed by atoms with Crippen LogP contribution in [-0.4, -0.2) is 6.54 Å². The van der Waals surface area contributed by atoms with Gasteiger partial charge in [0, 0.05) is 5.56 Å². The van der Waals surface area contributed by atoms with Gasteiger partial charge >= 0.3 is 0 Å². The van der Waals surface area contributed by atoms with Gasteiger partial charge in [0.25, 0.3) is 0 Å². The molecule has 0 fully saturated rings. The molecule has 1 aromatic rings. The maximum absolute atomic E-state index is 13.2. The summed E-state index contributed by atoms with van der Waals surface area (Å²) >= 11 is 0. The average Bonchev–Trinajstić information content (AvgIpc) is 2.12. The Balaban J connectivity index is 3.23. The molecule has 2 N–H and O–H groups in total. The molecule has 1 rings (SSSR count). The molecule has 0 aliphatic carbocycles. The SMILES string of the molecule is N#Cc1ccc(F)c(CCN)c1F. The van der Waals surface area contributed by atoms with Crippen LogP contribution in [0.1, 0.15) is 11.1 Å². The normalized spacial score (nSPS) is 9.69. The van der Waals surface area contributed by atoms with Gasteiger partial charge in [-0.25, -0.2) is 8.78 Å². The predicted molar refractivity (Wildman–Crippen MR) is 43.8 cm³/mol. The van der Waals surface area contributed by atoms with Gasteiger partial charge < -0.3 is 5.73 Å². The maximum atomic E-state index is 13.2. The second-order valence-corrected chi connectivity index (χ2v) is 2.54. The standard InChI is InChI=1S/C9H8F2N2/c10-8-2-1-6(5-13)9(11)7(8)3-4-12/h1-2H,3-4,12H2. The zero-order valence-electron chi connectivity index (χ0n) is 6.85. The van der Waals surface area contributed by atoms with Gasteiger partial charge in [0.05, 0.1) is 5.56 Å². The van der Waals surface area contributed by atoms with E-state index in [2.05, 4.69) is 0 Å². The molecule has 0 bridgehead atoms. The summed E-state index contributed by atoms with van der Waals surface area (Å²) < 4.78 is 26.2. The summed E-state index contributed by atoms with van der Waals surface area (Å²) in [5.74, 6) is -1.45. The average molecular weight is 182 g/mol. The van der Waals surface area contributed by atoms with Crippen molar-refractivity contribution < 1.29 is 8.78 Å². The van der Waals surface area contributed by atoms with Gasteiger partial charge in [-0.2, -0.15) is 5.26 Å². The summed E-state index contributed by atoms with van der Waals surface area (Å²) in [6.07, 6.45) is 0.104. The van der Waals surface area contributed by atoms with Crippen LogP contribution in [0.2, 0.25) is 0 Å². The zero-order valence-corrected chi connectivity index (χ0v) is 6.85. The lowest BCUT2D eigenvalue weighted by Gasteiger charge is -2.03. The van der Waals surface area contributed by atoms with Crippen molar-refractivity contribution in [1.29, 1.82) is 5.26 Å². The first kappa shape index (κ1) is 9.62. The molecule has 0 aromatic heterocycles. The quantitative estimate of drug-likeness (QED) is 0.750. The molecular weight excluding hydrogens is 174 g/mol. The third kappa shape index (κ3) is 1.82. The van der Waals surface area contributed by atoms with Gasteiger partial charge in [-0.3, -0.25) is 0 Å². The maximum Gasteiger partial charge on any atom is 0.147 e. The monoisotopic (exact) mass is 182 g/mol. The Hall–Kier alpha value is -1.47. The van der Waals surface area contributed by atoms with Gasteiger partial charge in [0.15, 0.2) is 0 Å². The number of benzene rings is 1. The number of halogens is 2. The molecule has 2 nitrogen and oxygen atoms in total. The largest absolute Gasteiger partial charge is 0.330 e. The number of hydrogen-bond acceptors (Lipinski definition) is 2. The molecule has 0 spiro atoms. The highest BCUT2D eigenvalue weighted by Crippen LogP contribution is 2.16. The highest BCUT2D eigenvalue weighted by molar-refractivity contribution is 5.36. The van der Waals surface area contributed by atoms with E-state index in [0.29, 0.717) is 0 Å². The number of hydrogen-bond donors (Lipinski definition) is 1. The molecular formula is C9H8F2N2. The number of nitrogens with two attached hydrogens (primary N) is 1.